The van der Waals surface area contributed by atoms with Gasteiger partial charge in [0.15, 0.2) is 0 Å². The number of methoxy groups -OCH3 is 2. The van der Waals surface area contributed by atoms with Gasteiger partial charge in [-0.15, -0.1) is 0 Å². The summed E-state index contributed by atoms with van der Waals surface area (Å²) in [5, 5.41) is 1.18. The number of benzene rings is 1. The summed E-state index contributed by atoms with van der Waals surface area (Å²) in [6.07, 6.45) is 0. The number of rotatable bonds is 2. The van der Waals surface area contributed by atoms with Gasteiger partial charge in [-0.25, -0.2) is 0 Å². The minimum Gasteiger partial charge on any atom is -0.489 e. The molecule has 0 amide bonds. The Kier molecular flexibility index (Phi) is 2.60. The number of hydrogen-bond acceptors (Lipinski definition) is 4. The summed E-state index contributed by atoms with van der Waals surface area (Å²) in [7, 11) is 3.00. The Morgan fingerprint density at radius 1 is 1.13 bits per heavy atom. The smallest absolute Gasteiger partial charge is 0.233 e. The third kappa shape index (κ3) is 1.57. The first-order chi connectivity index (χ1) is 7.27. The maximum atomic E-state index is 11.9. The maximum absolute atomic E-state index is 11.9. The van der Waals surface area contributed by atoms with Gasteiger partial charge in [0, 0.05) is 10.1 Å². The highest BCUT2D eigenvalue weighted by Gasteiger charge is 2.12. The molecule has 15 heavy (non-hydrogen) atoms. The molecule has 2 rings (SSSR count). The molecule has 0 radical (unpaired) electrons. The summed E-state index contributed by atoms with van der Waals surface area (Å²) < 4.78 is 11.1. The van der Waals surface area contributed by atoms with Crippen LogP contribution in [-0.4, -0.2) is 14.2 Å². The Labute approximate surface area is 90.9 Å². The first-order valence-electron chi connectivity index (χ1n) is 4.41. The van der Waals surface area contributed by atoms with Crippen molar-refractivity contribution in [2.24, 2.45) is 0 Å². The molecular formula is C11H10O3S. The van der Waals surface area contributed by atoms with Crippen LogP contribution in [0.25, 0.3) is 10.1 Å². The van der Waals surface area contributed by atoms with Gasteiger partial charge in [0.25, 0.3) is 0 Å². The summed E-state index contributed by atoms with van der Waals surface area (Å²) in [6.45, 7) is 0. The molecule has 4 heteroatoms. The predicted octanol–water partition coefficient (Wildman–Crippen LogP) is 2.28. The minimum atomic E-state index is -0.122. The molecule has 0 bridgehead atoms. The van der Waals surface area contributed by atoms with E-state index in [1.165, 1.54) is 25.6 Å². The van der Waals surface area contributed by atoms with Gasteiger partial charge < -0.3 is 9.47 Å². The quantitative estimate of drug-likeness (QED) is 0.782. The molecule has 0 spiro atoms. The van der Waals surface area contributed by atoms with Gasteiger partial charge in [0.05, 0.1) is 14.2 Å². The summed E-state index contributed by atoms with van der Waals surface area (Å²) in [6, 6.07) is 7.41. The van der Waals surface area contributed by atoms with E-state index >= 15 is 0 Å². The molecule has 1 heterocycles. The van der Waals surface area contributed by atoms with Crippen molar-refractivity contribution in [2.45, 2.75) is 0 Å². The molecule has 3 nitrogen and oxygen atoms in total. The van der Waals surface area contributed by atoms with E-state index in [2.05, 4.69) is 0 Å². The molecule has 0 aliphatic carbocycles. The van der Waals surface area contributed by atoms with Crippen LogP contribution in [0, 0.1) is 0 Å². The van der Waals surface area contributed by atoms with Gasteiger partial charge >= 0.3 is 0 Å². The van der Waals surface area contributed by atoms with Crippen molar-refractivity contribution in [3.8, 4) is 10.8 Å². The molecule has 1 aromatic carbocycles. The fourth-order valence-electron chi connectivity index (χ4n) is 1.41. The van der Waals surface area contributed by atoms with E-state index in [0.29, 0.717) is 10.4 Å². The zero-order valence-corrected chi connectivity index (χ0v) is 9.26. The van der Waals surface area contributed by atoms with Gasteiger partial charge in [-0.2, -0.15) is 0 Å². The summed E-state index contributed by atoms with van der Waals surface area (Å²) in [4.78, 5) is 11.9. The van der Waals surface area contributed by atoms with Gasteiger partial charge in [-0.3, -0.25) is 4.79 Å². The van der Waals surface area contributed by atoms with E-state index in [9.17, 15) is 4.79 Å². The first kappa shape index (κ1) is 9.98. The molecule has 0 aliphatic heterocycles. The molecule has 0 unspecified atom stereocenters. The zero-order chi connectivity index (χ0) is 10.8. The van der Waals surface area contributed by atoms with E-state index in [-0.39, 0.29) is 11.2 Å². The second kappa shape index (κ2) is 3.90. The molecule has 0 saturated carbocycles. The molecule has 2 aromatic rings. The van der Waals surface area contributed by atoms with Crippen LogP contribution in [0.15, 0.2) is 29.1 Å². The Bertz CT molecular complexity index is 545. The van der Waals surface area contributed by atoms with E-state index in [0.717, 1.165) is 4.70 Å². The van der Waals surface area contributed by atoms with Crippen molar-refractivity contribution < 1.29 is 9.47 Å². The lowest BCUT2D eigenvalue weighted by molar-refractivity contribution is 0.361. The van der Waals surface area contributed by atoms with Crippen molar-refractivity contribution in [2.75, 3.05) is 14.2 Å². The predicted molar refractivity (Wildman–Crippen MR) is 61.2 cm³/mol. The van der Waals surface area contributed by atoms with Crippen molar-refractivity contribution in [3.05, 3.63) is 34.5 Å². The Morgan fingerprint density at radius 2 is 1.87 bits per heavy atom. The third-order valence-corrected chi connectivity index (χ3v) is 3.23. The van der Waals surface area contributed by atoms with E-state index in [1.54, 1.807) is 6.07 Å². The summed E-state index contributed by atoms with van der Waals surface area (Å²) in [5.41, 5.74) is -0.122. The van der Waals surface area contributed by atoms with Gasteiger partial charge in [-0.1, -0.05) is 23.5 Å². The normalized spacial score (nSPS) is 10.3. The van der Waals surface area contributed by atoms with Crippen LogP contribution in [0.5, 0.6) is 10.8 Å². The number of hydrogen-bond donors (Lipinski definition) is 0. The summed E-state index contributed by atoms with van der Waals surface area (Å²) in [5.74, 6) is 0.279. The molecule has 78 valence electrons. The van der Waals surface area contributed by atoms with Crippen LogP contribution < -0.4 is 14.9 Å². The minimum absolute atomic E-state index is 0.122. The van der Waals surface area contributed by atoms with Crippen LogP contribution in [-0.2, 0) is 0 Å². The van der Waals surface area contributed by atoms with Crippen molar-refractivity contribution in [1.29, 1.82) is 0 Å². The number of fused-ring (bicyclic) bond motifs is 1. The Balaban J connectivity index is 2.88. The summed E-state index contributed by atoms with van der Waals surface area (Å²) >= 11 is 1.40. The molecule has 0 atom stereocenters. The van der Waals surface area contributed by atoms with Crippen LogP contribution in [0.4, 0.5) is 0 Å². The highest BCUT2D eigenvalue weighted by molar-refractivity contribution is 7.20. The van der Waals surface area contributed by atoms with Crippen molar-refractivity contribution >= 4 is 21.4 Å². The molecular weight excluding hydrogens is 212 g/mol. The standard InChI is InChI=1S/C11H10O3S/c1-13-10-9(12)7-5-3-4-6-8(7)15-11(10)14-2/h3-6H,1-2H3. The van der Waals surface area contributed by atoms with Crippen molar-refractivity contribution in [1.82, 2.24) is 0 Å². The molecule has 1 aromatic heterocycles. The van der Waals surface area contributed by atoms with E-state index < -0.39 is 0 Å². The molecule has 0 aliphatic rings. The van der Waals surface area contributed by atoms with Gasteiger partial charge in [-0.05, 0) is 12.1 Å². The SMILES string of the molecule is COc1sc2ccccc2c(=O)c1OC. The van der Waals surface area contributed by atoms with Crippen LogP contribution in [0.3, 0.4) is 0 Å². The average molecular weight is 222 g/mol. The van der Waals surface area contributed by atoms with Gasteiger partial charge in [0.2, 0.25) is 16.2 Å². The second-order valence-corrected chi connectivity index (χ2v) is 3.97. The third-order valence-electron chi connectivity index (χ3n) is 2.12. The highest BCUT2D eigenvalue weighted by Crippen LogP contribution is 2.32. The average Bonchev–Trinajstić information content (AvgIpc) is 2.29. The van der Waals surface area contributed by atoms with Gasteiger partial charge in [0.1, 0.15) is 0 Å². The number of ether oxygens (including phenoxy) is 2. The lowest BCUT2D eigenvalue weighted by atomic mass is 10.2. The van der Waals surface area contributed by atoms with Crippen molar-refractivity contribution in [3.63, 3.8) is 0 Å². The lowest BCUT2D eigenvalue weighted by Crippen LogP contribution is -2.06. The monoisotopic (exact) mass is 222 g/mol. The first-order valence-corrected chi connectivity index (χ1v) is 5.23. The zero-order valence-electron chi connectivity index (χ0n) is 8.44. The lowest BCUT2D eigenvalue weighted by Gasteiger charge is -2.06. The van der Waals surface area contributed by atoms with Crippen LogP contribution in [0.2, 0.25) is 0 Å². The fourth-order valence-corrected chi connectivity index (χ4v) is 2.38. The highest BCUT2D eigenvalue weighted by atomic mass is 32.1. The molecule has 0 fully saturated rings. The Hall–Kier alpha value is -1.55. The van der Waals surface area contributed by atoms with E-state index in [4.69, 9.17) is 9.47 Å². The van der Waals surface area contributed by atoms with E-state index in [1.807, 2.05) is 18.2 Å². The maximum Gasteiger partial charge on any atom is 0.233 e. The second-order valence-electron chi connectivity index (χ2n) is 2.95. The molecule has 0 N–H and O–H groups in total. The fraction of sp³-hybridized carbons (Fsp3) is 0.182. The topological polar surface area (TPSA) is 35.5 Å². The van der Waals surface area contributed by atoms with Crippen LogP contribution >= 0.6 is 11.3 Å². The largest absolute Gasteiger partial charge is 0.489 e. The molecule has 0 saturated heterocycles. The Morgan fingerprint density at radius 3 is 2.53 bits per heavy atom. The van der Waals surface area contributed by atoms with Crippen LogP contribution in [0.1, 0.15) is 0 Å².